The van der Waals surface area contributed by atoms with Gasteiger partial charge in [0.05, 0.1) is 5.69 Å². The van der Waals surface area contributed by atoms with Crippen LogP contribution in [0.1, 0.15) is 25.0 Å². The highest BCUT2D eigenvalue weighted by atomic mass is 35.5. The summed E-state index contributed by atoms with van der Waals surface area (Å²) in [5.74, 6) is 0. The van der Waals surface area contributed by atoms with Crippen molar-refractivity contribution < 1.29 is 4.52 Å². The van der Waals surface area contributed by atoms with Crippen LogP contribution in [-0.4, -0.2) is 29.2 Å². The lowest BCUT2D eigenvalue weighted by molar-refractivity contribution is 0.141. The van der Waals surface area contributed by atoms with E-state index in [0.29, 0.717) is 6.04 Å². The number of halogens is 1. The summed E-state index contributed by atoms with van der Waals surface area (Å²) in [7, 11) is 0. The first-order valence-electron chi connectivity index (χ1n) is 5.23. The number of nitrogens with zero attached hydrogens (tertiary/aromatic N) is 2. The molecule has 0 saturated carbocycles. The van der Waals surface area contributed by atoms with Crippen LogP contribution in [0.15, 0.2) is 16.9 Å². The number of piperidine rings is 1. The zero-order chi connectivity index (χ0) is 9.80. The summed E-state index contributed by atoms with van der Waals surface area (Å²) in [6.45, 7) is 2.75. The van der Waals surface area contributed by atoms with E-state index in [9.17, 15) is 0 Å². The normalized spacial score (nSPS) is 22.3. The number of hydrogen-bond acceptors (Lipinski definition) is 4. The van der Waals surface area contributed by atoms with Gasteiger partial charge in [-0.2, -0.15) is 0 Å². The Labute approximate surface area is 96.2 Å². The quantitative estimate of drug-likeness (QED) is 0.855. The molecule has 86 valence electrons. The van der Waals surface area contributed by atoms with Crippen LogP contribution in [0, 0.1) is 0 Å². The summed E-state index contributed by atoms with van der Waals surface area (Å²) in [5.41, 5.74) is 6.74. The maximum Gasteiger partial charge on any atom is 0.124 e. The maximum atomic E-state index is 5.74. The first kappa shape index (κ1) is 12.5. The SMILES string of the molecule is Cl.NCC1CCCCN1Cc1ccon1. The number of nitrogens with two attached hydrogens (primary N) is 1. The van der Waals surface area contributed by atoms with Gasteiger partial charge in [0.25, 0.3) is 0 Å². The molecule has 15 heavy (non-hydrogen) atoms. The number of rotatable bonds is 3. The number of likely N-dealkylation sites (tertiary alicyclic amines) is 1. The van der Waals surface area contributed by atoms with Crippen LogP contribution in [0.5, 0.6) is 0 Å². The van der Waals surface area contributed by atoms with Gasteiger partial charge in [0.15, 0.2) is 0 Å². The van der Waals surface area contributed by atoms with Gasteiger partial charge in [-0.3, -0.25) is 4.90 Å². The van der Waals surface area contributed by atoms with Gasteiger partial charge in [-0.25, -0.2) is 0 Å². The third kappa shape index (κ3) is 3.19. The molecule has 0 spiro atoms. The largest absolute Gasteiger partial charge is 0.364 e. The first-order valence-corrected chi connectivity index (χ1v) is 5.23. The highest BCUT2D eigenvalue weighted by Crippen LogP contribution is 2.18. The molecule has 0 bridgehead atoms. The summed E-state index contributed by atoms with van der Waals surface area (Å²) in [6, 6.07) is 2.45. The Hall–Kier alpha value is -0.580. The minimum atomic E-state index is 0. The van der Waals surface area contributed by atoms with E-state index < -0.39 is 0 Å². The smallest absolute Gasteiger partial charge is 0.124 e. The van der Waals surface area contributed by atoms with E-state index >= 15 is 0 Å². The molecule has 1 saturated heterocycles. The van der Waals surface area contributed by atoms with E-state index in [-0.39, 0.29) is 12.4 Å². The molecule has 0 aliphatic carbocycles. The fourth-order valence-electron chi connectivity index (χ4n) is 2.06. The lowest BCUT2D eigenvalue weighted by Gasteiger charge is -2.34. The predicted molar refractivity (Wildman–Crippen MR) is 60.9 cm³/mol. The molecule has 1 aromatic rings. The standard InChI is InChI=1S/C10H17N3O.ClH/c11-7-10-3-1-2-5-13(10)8-9-4-6-14-12-9;/h4,6,10H,1-3,5,7-8,11H2;1H. The molecule has 1 aliphatic rings. The zero-order valence-electron chi connectivity index (χ0n) is 8.76. The Morgan fingerprint density at radius 3 is 3.07 bits per heavy atom. The predicted octanol–water partition coefficient (Wildman–Crippen LogP) is 1.41. The number of aromatic nitrogens is 1. The average Bonchev–Trinajstić information content (AvgIpc) is 2.71. The molecule has 2 heterocycles. The zero-order valence-corrected chi connectivity index (χ0v) is 9.58. The molecule has 1 aliphatic heterocycles. The lowest BCUT2D eigenvalue weighted by Crippen LogP contribution is -2.43. The van der Waals surface area contributed by atoms with Crippen LogP contribution in [0.3, 0.4) is 0 Å². The van der Waals surface area contributed by atoms with Crippen LogP contribution in [0.25, 0.3) is 0 Å². The molecule has 1 aromatic heterocycles. The Morgan fingerprint density at radius 1 is 1.53 bits per heavy atom. The summed E-state index contributed by atoms with van der Waals surface area (Å²) >= 11 is 0. The Morgan fingerprint density at radius 2 is 2.40 bits per heavy atom. The van der Waals surface area contributed by atoms with Gasteiger partial charge >= 0.3 is 0 Å². The second-order valence-electron chi connectivity index (χ2n) is 3.85. The topological polar surface area (TPSA) is 55.3 Å². The second-order valence-corrected chi connectivity index (χ2v) is 3.85. The van der Waals surface area contributed by atoms with Crippen LogP contribution in [0.2, 0.25) is 0 Å². The van der Waals surface area contributed by atoms with Crippen molar-refractivity contribution in [2.75, 3.05) is 13.1 Å². The number of hydrogen-bond donors (Lipinski definition) is 1. The highest BCUT2D eigenvalue weighted by Gasteiger charge is 2.21. The van der Waals surface area contributed by atoms with Gasteiger partial charge in [-0.1, -0.05) is 11.6 Å². The molecular formula is C10H18ClN3O. The molecule has 1 unspecified atom stereocenters. The monoisotopic (exact) mass is 231 g/mol. The molecule has 1 fully saturated rings. The van der Waals surface area contributed by atoms with Gasteiger partial charge in [-0.05, 0) is 19.4 Å². The van der Waals surface area contributed by atoms with Gasteiger partial charge in [-0.15, -0.1) is 12.4 Å². The summed E-state index contributed by atoms with van der Waals surface area (Å²) < 4.78 is 4.82. The van der Waals surface area contributed by atoms with E-state index in [1.54, 1.807) is 6.26 Å². The van der Waals surface area contributed by atoms with E-state index in [0.717, 1.165) is 25.3 Å². The Bertz CT molecular complexity index is 266. The van der Waals surface area contributed by atoms with Gasteiger partial charge < -0.3 is 10.3 Å². The van der Waals surface area contributed by atoms with Crippen molar-refractivity contribution in [1.82, 2.24) is 10.1 Å². The molecule has 5 heteroatoms. The molecule has 0 aromatic carbocycles. The van der Waals surface area contributed by atoms with Gasteiger partial charge in [0, 0.05) is 25.2 Å². The van der Waals surface area contributed by atoms with Crippen molar-refractivity contribution in [2.45, 2.75) is 31.8 Å². The van der Waals surface area contributed by atoms with Crippen LogP contribution < -0.4 is 5.73 Å². The van der Waals surface area contributed by atoms with Crippen molar-refractivity contribution in [3.8, 4) is 0 Å². The van der Waals surface area contributed by atoms with Crippen LogP contribution in [-0.2, 0) is 6.54 Å². The third-order valence-corrected chi connectivity index (χ3v) is 2.88. The van der Waals surface area contributed by atoms with Crippen molar-refractivity contribution in [3.05, 3.63) is 18.0 Å². The van der Waals surface area contributed by atoms with E-state index in [2.05, 4.69) is 10.1 Å². The molecule has 0 radical (unpaired) electrons. The van der Waals surface area contributed by atoms with Gasteiger partial charge in [0.2, 0.25) is 0 Å². The van der Waals surface area contributed by atoms with Crippen molar-refractivity contribution in [3.63, 3.8) is 0 Å². The summed E-state index contributed by atoms with van der Waals surface area (Å²) in [4.78, 5) is 2.40. The Balaban J connectivity index is 0.00000112. The van der Waals surface area contributed by atoms with Crippen molar-refractivity contribution >= 4 is 12.4 Å². The molecule has 2 N–H and O–H groups in total. The van der Waals surface area contributed by atoms with Crippen molar-refractivity contribution in [1.29, 1.82) is 0 Å². The average molecular weight is 232 g/mol. The lowest BCUT2D eigenvalue weighted by atomic mass is 10.0. The molecule has 0 amide bonds. The molecule has 2 rings (SSSR count). The van der Waals surface area contributed by atoms with Crippen molar-refractivity contribution in [2.24, 2.45) is 5.73 Å². The van der Waals surface area contributed by atoms with Crippen LogP contribution in [0.4, 0.5) is 0 Å². The third-order valence-electron chi connectivity index (χ3n) is 2.88. The Kier molecular flexibility index (Phi) is 5.08. The van der Waals surface area contributed by atoms with E-state index in [1.165, 1.54) is 19.3 Å². The minimum Gasteiger partial charge on any atom is -0.364 e. The molecular weight excluding hydrogens is 214 g/mol. The second kappa shape index (κ2) is 6.10. The first-order chi connectivity index (χ1) is 6.90. The van der Waals surface area contributed by atoms with Gasteiger partial charge in [0.1, 0.15) is 6.26 Å². The maximum absolute atomic E-state index is 5.74. The molecule has 1 atom stereocenters. The minimum absolute atomic E-state index is 0. The fraction of sp³-hybridized carbons (Fsp3) is 0.700. The van der Waals surface area contributed by atoms with E-state index in [4.69, 9.17) is 10.3 Å². The van der Waals surface area contributed by atoms with Crippen LogP contribution >= 0.6 is 12.4 Å². The fourth-order valence-corrected chi connectivity index (χ4v) is 2.06. The van der Waals surface area contributed by atoms with E-state index in [1.807, 2.05) is 6.07 Å². The molecule has 4 nitrogen and oxygen atoms in total. The highest BCUT2D eigenvalue weighted by molar-refractivity contribution is 5.85. The summed E-state index contributed by atoms with van der Waals surface area (Å²) in [5, 5.41) is 3.92. The summed E-state index contributed by atoms with van der Waals surface area (Å²) in [6.07, 6.45) is 5.41.